The monoisotopic (exact) mass is 242 g/mol. The van der Waals surface area contributed by atoms with Crippen LogP contribution in [0.15, 0.2) is 36.4 Å². The van der Waals surface area contributed by atoms with Crippen molar-refractivity contribution in [3.05, 3.63) is 47.7 Å². The summed E-state index contributed by atoms with van der Waals surface area (Å²) in [4.78, 5) is 0. The molecule has 1 aromatic carbocycles. The molecule has 0 radical (unpaired) electrons. The summed E-state index contributed by atoms with van der Waals surface area (Å²) in [5.41, 5.74) is 8.71. The molecule has 0 saturated carbocycles. The predicted octanol–water partition coefficient (Wildman–Crippen LogP) is 2.63. The normalized spacial score (nSPS) is 10.3. The van der Waals surface area contributed by atoms with Crippen molar-refractivity contribution in [2.45, 2.75) is 26.3 Å². The number of nitrogens with zero attached hydrogens (tertiary/aromatic N) is 2. The summed E-state index contributed by atoms with van der Waals surface area (Å²) in [6, 6.07) is 11.9. The second-order valence-corrected chi connectivity index (χ2v) is 4.19. The first-order valence-electron chi connectivity index (χ1n) is 6.20. The van der Waals surface area contributed by atoms with E-state index in [-0.39, 0.29) is 0 Å². The average Bonchev–Trinajstić information content (AvgIpc) is 2.42. The Morgan fingerprint density at radius 3 is 2.72 bits per heavy atom. The highest BCUT2D eigenvalue weighted by Crippen LogP contribution is 2.15. The van der Waals surface area contributed by atoms with Gasteiger partial charge in [0.1, 0.15) is 0 Å². The van der Waals surface area contributed by atoms with Crippen LogP contribution in [0.2, 0.25) is 0 Å². The second kappa shape index (κ2) is 6.12. The minimum atomic E-state index is 0.538. The molecule has 0 aliphatic carbocycles. The van der Waals surface area contributed by atoms with Crippen molar-refractivity contribution < 1.29 is 0 Å². The lowest BCUT2D eigenvalue weighted by Gasteiger charge is -2.06. The molecule has 1 aromatic heterocycles. The van der Waals surface area contributed by atoms with E-state index in [1.54, 1.807) is 0 Å². The number of hydrogen-bond acceptors (Lipinski definition) is 4. The highest BCUT2D eigenvalue weighted by Gasteiger charge is 1.99. The van der Waals surface area contributed by atoms with Gasteiger partial charge in [0.2, 0.25) is 0 Å². The Morgan fingerprint density at radius 1 is 1.17 bits per heavy atom. The van der Waals surface area contributed by atoms with Gasteiger partial charge in [-0.1, -0.05) is 25.5 Å². The number of rotatable bonds is 5. The molecule has 2 rings (SSSR count). The van der Waals surface area contributed by atoms with E-state index < -0.39 is 0 Å². The predicted molar refractivity (Wildman–Crippen MR) is 73.6 cm³/mol. The molecule has 3 N–H and O–H groups in total. The minimum Gasteiger partial charge on any atom is -0.339 e. The quantitative estimate of drug-likeness (QED) is 0.846. The Morgan fingerprint density at radius 2 is 2.06 bits per heavy atom. The molecule has 2 aromatic rings. The molecule has 0 fully saturated rings. The van der Waals surface area contributed by atoms with Crippen LogP contribution in [0.1, 0.15) is 24.6 Å². The molecule has 0 amide bonds. The molecule has 0 aliphatic heterocycles. The van der Waals surface area contributed by atoms with Crippen LogP contribution >= 0.6 is 0 Å². The summed E-state index contributed by atoms with van der Waals surface area (Å²) in [6.07, 6.45) is 2.05. The fourth-order valence-corrected chi connectivity index (χ4v) is 1.74. The van der Waals surface area contributed by atoms with Crippen molar-refractivity contribution in [3.8, 4) is 0 Å². The van der Waals surface area contributed by atoms with E-state index in [4.69, 9.17) is 5.73 Å². The zero-order valence-corrected chi connectivity index (χ0v) is 10.6. The molecule has 0 bridgehead atoms. The van der Waals surface area contributed by atoms with E-state index in [1.165, 1.54) is 0 Å². The van der Waals surface area contributed by atoms with Crippen LogP contribution in [0.25, 0.3) is 0 Å². The molecule has 0 spiro atoms. The lowest BCUT2D eigenvalue weighted by atomic mass is 10.2. The van der Waals surface area contributed by atoms with Crippen LogP contribution in [0.5, 0.6) is 0 Å². The van der Waals surface area contributed by atoms with Crippen molar-refractivity contribution in [1.29, 1.82) is 0 Å². The molecular formula is C14H18N4. The van der Waals surface area contributed by atoms with Gasteiger partial charge in [0.15, 0.2) is 5.82 Å². The first-order chi connectivity index (χ1) is 8.81. The molecule has 0 unspecified atom stereocenters. The lowest BCUT2D eigenvalue weighted by molar-refractivity contribution is 0.841. The Hall–Kier alpha value is -1.94. The molecule has 94 valence electrons. The van der Waals surface area contributed by atoms with Crippen LogP contribution < -0.4 is 11.1 Å². The minimum absolute atomic E-state index is 0.538. The highest BCUT2D eigenvalue weighted by atomic mass is 15.2. The van der Waals surface area contributed by atoms with Crippen molar-refractivity contribution in [2.75, 3.05) is 5.32 Å². The third-order valence-corrected chi connectivity index (χ3v) is 2.66. The topological polar surface area (TPSA) is 63.8 Å². The number of anilines is 2. The maximum Gasteiger partial charge on any atom is 0.153 e. The lowest BCUT2D eigenvalue weighted by Crippen LogP contribution is -2.00. The zero-order valence-electron chi connectivity index (χ0n) is 10.6. The summed E-state index contributed by atoms with van der Waals surface area (Å²) >= 11 is 0. The number of hydrogen-bond donors (Lipinski definition) is 2. The van der Waals surface area contributed by atoms with E-state index >= 15 is 0 Å². The van der Waals surface area contributed by atoms with Crippen molar-refractivity contribution in [1.82, 2.24) is 10.2 Å². The SMILES string of the molecule is CCCc1ccc(Nc2cccc(CN)c2)nn1. The maximum atomic E-state index is 5.61. The van der Waals surface area contributed by atoms with E-state index in [0.717, 1.165) is 35.6 Å². The van der Waals surface area contributed by atoms with Crippen LogP contribution in [-0.2, 0) is 13.0 Å². The van der Waals surface area contributed by atoms with E-state index in [9.17, 15) is 0 Å². The van der Waals surface area contributed by atoms with E-state index in [0.29, 0.717) is 6.54 Å². The average molecular weight is 242 g/mol. The highest BCUT2D eigenvalue weighted by molar-refractivity contribution is 5.56. The van der Waals surface area contributed by atoms with Crippen LogP contribution in [-0.4, -0.2) is 10.2 Å². The summed E-state index contributed by atoms with van der Waals surface area (Å²) in [6.45, 7) is 2.67. The number of nitrogens with two attached hydrogens (primary N) is 1. The van der Waals surface area contributed by atoms with Gasteiger partial charge in [-0.3, -0.25) is 0 Å². The third kappa shape index (κ3) is 3.28. The Labute approximate surface area is 107 Å². The van der Waals surface area contributed by atoms with Crippen molar-refractivity contribution in [2.24, 2.45) is 5.73 Å². The van der Waals surface area contributed by atoms with Gasteiger partial charge in [0.05, 0.1) is 5.69 Å². The van der Waals surface area contributed by atoms with Gasteiger partial charge in [0.25, 0.3) is 0 Å². The van der Waals surface area contributed by atoms with Crippen LogP contribution in [0.4, 0.5) is 11.5 Å². The maximum absolute atomic E-state index is 5.61. The molecule has 4 nitrogen and oxygen atoms in total. The van der Waals surface area contributed by atoms with Gasteiger partial charge in [0, 0.05) is 12.2 Å². The smallest absolute Gasteiger partial charge is 0.153 e. The first kappa shape index (κ1) is 12.5. The largest absolute Gasteiger partial charge is 0.339 e. The van der Waals surface area contributed by atoms with E-state index in [2.05, 4.69) is 22.4 Å². The van der Waals surface area contributed by atoms with Crippen molar-refractivity contribution in [3.63, 3.8) is 0 Å². The molecular weight excluding hydrogens is 224 g/mol. The molecule has 0 saturated heterocycles. The first-order valence-corrected chi connectivity index (χ1v) is 6.20. The van der Waals surface area contributed by atoms with Crippen LogP contribution in [0.3, 0.4) is 0 Å². The summed E-state index contributed by atoms with van der Waals surface area (Å²) in [7, 11) is 0. The Balaban J connectivity index is 2.08. The van der Waals surface area contributed by atoms with Gasteiger partial charge < -0.3 is 11.1 Å². The fraction of sp³-hybridized carbons (Fsp3) is 0.286. The Kier molecular flexibility index (Phi) is 4.25. The molecule has 1 heterocycles. The van der Waals surface area contributed by atoms with Crippen molar-refractivity contribution >= 4 is 11.5 Å². The molecule has 18 heavy (non-hydrogen) atoms. The Bertz CT molecular complexity index is 493. The van der Waals surface area contributed by atoms with Gasteiger partial charge in [-0.2, -0.15) is 5.10 Å². The summed E-state index contributed by atoms with van der Waals surface area (Å²) in [5, 5.41) is 11.5. The van der Waals surface area contributed by atoms with Gasteiger partial charge in [-0.25, -0.2) is 0 Å². The standard InChI is InChI=1S/C14H18N4/c1-2-4-12-7-8-14(18-17-12)16-13-6-3-5-11(9-13)10-15/h3,5-9H,2,4,10,15H2,1H3,(H,16,18). The summed E-state index contributed by atoms with van der Waals surface area (Å²) < 4.78 is 0. The fourth-order valence-electron chi connectivity index (χ4n) is 1.74. The number of aromatic nitrogens is 2. The number of nitrogens with one attached hydrogen (secondary N) is 1. The third-order valence-electron chi connectivity index (χ3n) is 2.66. The molecule has 0 aliphatic rings. The van der Waals surface area contributed by atoms with E-state index in [1.807, 2.05) is 36.4 Å². The van der Waals surface area contributed by atoms with Gasteiger partial charge in [-0.05, 0) is 36.2 Å². The molecule has 0 atom stereocenters. The number of benzene rings is 1. The molecule has 4 heteroatoms. The number of aryl methyl sites for hydroxylation is 1. The van der Waals surface area contributed by atoms with Gasteiger partial charge in [-0.15, -0.1) is 5.10 Å². The second-order valence-electron chi connectivity index (χ2n) is 4.19. The van der Waals surface area contributed by atoms with Gasteiger partial charge >= 0.3 is 0 Å². The zero-order chi connectivity index (χ0) is 12.8. The summed E-state index contributed by atoms with van der Waals surface area (Å²) in [5.74, 6) is 0.754. The van der Waals surface area contributed by atoms with Crippen LogP contribution in [0, 0.1) is 0 Å².